The molecule has 0 spiro atoms. The number of fused-ring (bicyclic) bond motifs is 2. The summed E-state index contributed by atoms with van der Waals surface area (Å²) in [6.07, 6.45) is 2.34. The van der Waals surface area contributed by atoms with Gasteiger partial charge in [-0.1, -0.05) is 59.3 Å². The van der Waals surface area contributed by atoms with Gasteiger partial charge >= 0.3 is 0 Å². The lowest BCUT2D eigenvalue weighted by atomic mass is 10.0. The fraction of sp³-hybridized carbons (Fsp3) is 0.167. The Labute approximate surface area is 241 Å². The van der Waals surface area contributed by atoms with E-state index in [1.807, 2.05) is 61.5 Å². The normalized spacial score (nSPS) is 13.8. The van der Waals surface area contributed by atoms with Crippen LogP contribution in [0.1, 0.15) is 32.7 Å². The monoisotopic (exact) mass is 588 g/mol. The van der Waals surface area contributed by atoms with E-state index in [1.54, 1.807) is 23.2 Å². The summed E-state index contributed by atoms with van der Waals surface area (Å²) in [5.74, 6) is -0.311. The molecule has 0 bridgehead atoms. The second-order valence-corrected chi connectivity index (χ2v) is 13.0. The zero-order chi connectivity index (χ0) is 27.9. The molecular formula is C30H25ClN4O3S2. The summed E-state index contributed by atoms with van der Waals surface area (Å²) in [7, 11) is -3.72. The van der Waals surface area contributed by atoms with E-state index in [0.717, 1.165) is 21.3 Å². The lowest BCUT2D eigenvalue weighted by Gasteiger charge is -2.28. The molecule has 0 fully saturated rings. The molecule has 1 aliphatic heterocycles. The summed E-state index contributed by atoms with van der Waals surface area (Å²) in [4.78, 5) is 24.7. The topological polar surface area (TPSA) is 83.5 Å². The smallest absolute Gasteiger partial charge is 0.260 e. The van der Waals surface area contributed by atoms with Gasteiger partial charge in [0.15, 0.2) is 5.13 Å². The van der Waals surface area contributed by atoms with Crippen molar-refractivity contribution in [3.05, 3.63) is 118 Å². The van der Waals surface area contributed by atoms with Crippen LogP contribution in [0.3, 0.4) is 0 Å². The van der Waals surface area contributed by atoms with Gasteiger partial charge in [-0.2, -0.15) is 4.31 Å². The highest BCUT2D eigenvalue weighted by Gasteiger charge is 2.29. The van der Waals surface area contributed by atoms with Gasteiger partial charge in [0, 0.05) is 24.8 Å². The number of halogens is 1. The molecule has 0 N–H and O–H groups in total. The number of amides is 1. The van der Waals surface area contributed by atoms with Crippen LogP contribution in [0.15, 0.2) is 90.0 Å². The number of nitrogens with zero attached hydrogens (tertiary/aromatic N) is 4. The zero-order valence-corrected chi connectivity index (χ0v) is 24.0. The zero-order valence-electron chi connectivity index (χ0n) is 21.6. The minimum absolute atomic E-state index is 0.155. The van der Waals surface area contributed by atoms with E-state index in [-0.39, 0.29) is 17.3 Å². The van der Waals surface area contributed by atoms with Gasteiger partial charge in [0.25, 0.3) is 5.91 Å². The van der Waals surface area contributed by atoms with Crippen LogP contribution >= 0.6 is 22.9 Å². The van der Waals surface area contributed by atoms with E-state index >= 15 is 0 Å². The van der Waals surface area contributed by atoms with Crippen molar-refractivity contribution in [2.24, 2.45) is 0 Å². The molecule has 0 saturated heterocycles. The predicted octanol–water partition coefficient (Wildman–Crippen LogP) is 6.25. The first-order chi connectivity index (χ1) is 19.3. The van der Waals surface area contributed by atoms with Gasteiger partial charge in [-0.05, 0) is 72.5 Å². The Morgan fingerprint density at radius 1 is 1.00 bits per heavy atom. The summed E-state index contributed by atoms with van der Waals surface area (Å²) in [6, 6.07) is 23.3. The number of hydrogen-bond acceptors (Lipinski definition) is 6. The van der Waals surface area contributed by atoms with Crippen molar-refractivity contribution in [3.8, 4) is 0 Å². The third kappa shape index (κ3) is 5.01. The number of anilines is 1. The second-order valence-electron chi connectivity index (χ2n) is 9.63. The van der Waals surface area contributed by atoms with Gasteiger partial charge < -0.3 is 0 Å². The van der Waals surface area contributed by atoms with Crippen LogP contribution in [0.4, 0.5) is 5.13 Å². The first-order valence-corrected chi connectivity index (χ1v) is 15.4. The maximum atomic E-state index is 13.9. The SMILES string of the molecule is Cc1ccc(Cl)c2sc(N(Cc3ccccn3)C(=O)c3ccc(S(=O)(=O)N4CCc5ccccc5C4)cc3)nc12. The molecule has 7 nitrogen and oxygen atoms in total. The second kappa shape index (κ2) is 10.7. The highest BCUT2D eigenvalue weighted by atomic mass is 35.5. The molecule has 40 heavy (non-hydrogen) atoms. The number of rotatable bonds is 6. The number of aryl methyl sites for hydroxylation is 1. The summed E-state index contributed by atoms with van der Waals surface area (Å²) in [5.41, 5.74) is 4.94. The number of carbonyl (C=O) groups excluding carboxylic acids is 1. The standard InChI is InChI=1S/C30H25ClN4O3S2/c1-20-9-14-26(31)28-27(20)33-30(39-28)35(19-24-8-4-5-16-32-24)29(36)22-10-12-25(13-11-22)40(37,38)34-17-15-21-6-2-3-7-23(21)18-34/h2-14,16H,15,17-19H2,1H3. The van der Waals surface area contributed by atoms with Crippen LogP contribution in [0.5, 0.6) is 0 Å². The summed E-state index contributed by atoms with van der Waals surface area (Å²) < 4.78 is 29.2. The first kappa shape index (κ1) is 26.6. The van der Waals surface area contributed by atoms with Crippen LogP contribution in [0.2, 0.25) is 5.02 Å². The number of hydrogen-bond donors (Lipinski definition) is 0. The minimum atomic E-state index is -3.72. The fourth-order valence-electron chi connectivity index (χ4n) is 4.84. The van der Waals surface area contributed by atoms with Crippen molar-refractivity contribution in [2.75, 3.05) is 11.4 Å². The number of pyridine rings is 1. The number of carbonyl (C=O) groups is 1. The lowest BCUT2D eigenvalue weighted by molar-refractivity contribution is 0.0984. The van der Waals surface area contributed by atoms with Crippen molar-refractivity contribution in [3.63, 3.8) is 0 Å². The van der Waals surface area contributed by atoms with Crippen LogP contribution in [-0.4, -0.2) is 35.1 Å². The summed E-state index contributed by atoms with van der Waals surface area (Å²) >= 11 is 7.79. The van der Waals surface area contributed by atoms with Gasteiger partial charge in [0.1, 0.15) is 0 Å². The Bertz CT molecular complexity index is 1780. The number of benzene rings is 3. The lowest BCUT2D eigenvalue weighted by Crippen LogP contribution is -2.36. The van der Waals surface area contributed by atoms with Gasteiger partial charge in [0.2, 0.25) is 10.0 Å². The van der Waals surface area contributed by atoms with E-state index < -0.39 is 10.0 Å². The quantitative estimate of drug-likeness (QED) is 0.234. The average Bonchev–Trinajstić information content (AvgIpc) is 3.44. The van der Waals surface area contributed by atoms with Gasteiger partial charge in [-0.3, -0.25) is 14.7 Å². The van der Waals surface area contributed by atoms with Crippen molar-refractivity contribution in [1.29, 1.82) is 0 Å². The van der Waals surface area contributed by atoms with E-state index in [2.05, 4.69) is 4.98 Å². The first-order valence-electron chi connectivity index (χ1n) is 12.8. The van der Waals surface area contributed by atoms with Crippen molar-refractivity contribution in [1.82, 2.24) is 14.3 Å². The highest BCUT2D eigenvalue weighted by Crippen LogP contribution is 2.36. The maximum absolute atomic E-state index is 13.9. The van der Waals surface area contributed by atoms with Gasteiger partial charge in [-0.15, -0.1) is 0 Å². The molecule has 0 saturated carbocycles. The molecule has 0 atom stereocenters. The minimum Gasteiger partial charge on any atom is -0.278 e. The Morgan fingerprint density at radius 3 is 2.48 bits per heavy atom. The predicted molar refractivity (Wildman–Crippen MR) is 158 cm³/mol. The van der Waals surface area contributed by atoms with E-state index in [1.165, 1.54) is 33.3 Å². The van der Waals surface area contributed by atoms with Gasteiger partial charge in [-0.25, -0.2) is 13.4 Å². The highest BCUT2D eigenvalue weighted by molar-refractivity contribution is 7.89. The Morgan fingerprint density at radius 2 is 1.75 bits per heavy atom. The Hall–Kier alpha value is -3.63. The number of sulfonamides is 1. The van der Waals surface area contributed by atoms with Crippen LogP contribution in [0, 0.1) is 6.92 Å². The molecule has 0 aliphatic carbocycles. The third-order valence-corrected chi connectivity index (χ3v) is 10.4. The summed E-state index contributed by atoms with van der Waals surface area (Å²) in [6.45, 7) is 2.89. The molecule has 10 heteroatoms. The molecule has 1 amide bonds. The van der Waals surface area contributed by atoms with Gasteiger partial charge in [0.05, 0.1) is 32.4 Å². The van der Waals surface area contributed by atoms with E-state index in [0.29, 0.717) is 40.9 Å². The molecule has 202 valence electrons. The molecular weight excluding hydrogens is 564 g/mol. The summed E-state index contributed by atoms with van der Waals surface area (Å²) in [5, 5.41) is 1.06. The fourth-order valence-corrected chi connectivity index (χ4v) is 7.57. The molecule has 0 radical (unpaired) electrons. The maximum Gasteiger partial charge on any atom is 0.260 e. The van der Waals surface area contributed by atoms with Crippen LogP contribution in [0.25, 0.3) is 10.2 Å². The molecule has 3 aromatic carbocycles. The molecule has 2 aromatic heterocycles. The van der Waals surface area contributed by atoms with E-state index in [4.69, 9.17) is 16.6 Å². The Kier molecular flexibility index (Phi) is 7.14. The van der Waals surface area contributed by atoms with Crippen LogP contribution in [-0.2, 0) is 29.5 Å². The largest absolute Gasteiger partial charge is 0.278 e. The Balaban J connectivity index is 1.31. The molecule has 5 aromatic rings. The van der Waals surface area contributed by atoms with Crippen molar-refractivity contribution in [2.45, 2.75) is 31.3 Å². The molecule has 3 heterocycles. The number of thiazole rings is 1. The molecule has 6 rings (SSSR count). The van der Waals surface area contributed by atoms with Crippen molar-refractivity contribution >= 4 is 54.2 Å². The van der Waals surface area contributed by atoms with Crippen molar-refractivity contribution < 1.29 is 13.2 Å². The van der Waals surface area contributed by atoms with Crippen LogP contribution < -0.4 is 4.90 Å². The third-order valence-electron chi connectivity index (χ3n) is 7.04. The molecule has 1 aliphatic rings. The average molecular weight is 589 g/mol. The van der Waals surface area contributed by atoms with E-state index in [9.17, 15) is 13.2 Å². The number of aromatic nitrogens is 2. The molecule has 0 unspecified atom stereocenters.